The molecule has 0 spiro atoms. The van der Waals surface area contributed by atoms with Gasteiger partial charge in [0.05, 0.1) is 0 Å². The summed E-state index contributed by atoms with van der Waals surface area (Å²) in [4.78, 5) is 13.8. The van der Waals surface area contributed by atoms with Crippen LogP contribution in [0, 0.1) is 0 Å². The van der Waals surface area contributed by atoms with Gasteiger partial charge in [-0.25, -0.2) is 0 Å². The first-order valence-corrected chi connectivity index (χ1v) is 6.50. The molecule has 0 aliphatic heterocycles. The fraction of sp³-hybridized carbons (Fsp3) is 0.400. The number of nitrogens with two attached hydrogens (primary N) is 1. The lowest BCUT2D eigenvalue weighted by Gasteiger charge is -2.20. The van der Waals surface area contributed by atoms with E-state index in [9.17, 15) is 4.79 Å². The zero-order valence-corrected chi connectivity index (χ0v) is 11.9. The highest BCUT2D eigenvalue weighted by Crippen LogP contribution is 2.06. The zero-order valence-electron chi connectivity index (χ0n) is 11.9. The van der Waals surface area contributed by atoms with Crippen LogP contribution in [0.25, 0.3) is 6.08 Å². The lowest BCUT2D eigenvalue weighted by molar-refractivity contribution is -0.116. The Morgan fingerprint density at radius 2 is 2.00 bits per heavy atom. The number of amides is 1. The van der Waals surface area contributed by atoms with Crippen LogP contribution in [0.1, 0.15) is 19.4 Å². The van der Waals surface area contributed by atoms with Crippen molar-refractivity contribution in [3.8, 4) is 0 Å². The molecule has 0 saturated heterocycles. The number of carbonyl (C=O) groups excluding carboxylic acids is 1. The number of likely N-dealkylation sites (N-methyl/N-ethyl adjacent to an activating group) is 1. The molecule has 0 radical (unpaired) electrons. The monoisotopic (exact) mass is 261 g/mol. The van der Waals surface area contributed by atoms with Crippen LogP contribution in [0.15, 0.2) is 30.3 Å². The van der Waals surface area contributed by atoms with Gasteiger partial charge < -0.3 is 16.0 Å². The average Bonchev–Trinajstić information content (AvgIpc) is 2.37. The number of rotatable bonds is 6. The van der Waals surface area contributed by atoms with Crippen molar-refractivity contribution in [2.45, 2.75) is 19.9 Å². The number of nitrogens with zero attached hydrogens (tertiary/aromatic N) is 1. The first-order chi connectivity index (χ1) is 8.99. The molecule has 0 saturated carbocycles. The maximum absolute atomic E-state index is 11.6. The molecule has 1 rings (SSSR count). The summed E-state index contributed by atoms with van der Waals surface area (Å²) >= 11 is 0. The minimum absolute atomic E-state index is 0.0750. The van der Waals surface area contributed by atoms with Crippen molar-refractivity contribution in [1.29, 1.82) is 0 Å². The van der Waals surface area contributed by atoms with E-state index in [1.165, 1.54) is 0 Å². The van der Waals surface area contributed by atoms with Crippen LogP contribution in [-0.4, -0.2) is 37.0 Å². The van der Waals surface area contributed by atoms with E-state index in [4.69, 9.17) is 5.73 Å². The lowest BCUT2D eigenvalue weighted by atomic mass is 10.2. The third kappa shape index (κ3) is 6.06. The van der Waals surface area contributed by atoms with E-state index >= 15 is 0 Å². The number of benzene rings is 1. The normalized spacial score (nSPS) is 11.4. The third-order valence-electron chi connectivity index (χ3n) is 3.01. The molecular formula is C15H23N3O. The van der Waals surface area contributed by atoms with E-state index in [2.05, 4.69) is 24.1 Å². The Labute approximate surface area is 115 Å². The van der Waals surface area contributed by atoms with E-state index in [0.29, 0.717) is 12.6 Å². The Balaban J connectivity index is 2.33. The van der Waals surface area contributed by atoms with Gasteiger partial charge in [-0.05, 0) is 44.7 Å². The number of anilines is 1. The van der Waals surface area contributed by atoms with Gasteiger partial charge in [0.25, 0.3) is 0 Å². The zero-order chi connectivity index (χ0) is 14.3. The van der Waals surface area contributed by atoms with Crippen molar-refractivity contribution < 1.29 is 4.79 Å². The van der Waals surface area contributed by atoms with Crippen LogP contribution < -0.4 is 11.1 Å². The highest BCUT2D eigenvalue weighted by atomic mass is 16.1. The summed E-state index contributed by atoms with van der Waals surface area (Å²) in [6.45, 7) is 5.75. The Morgan fingerprint density at radius 3 is 2.58 bits per heavy atom. The van der Waals surface area contributed by atoms with Crippen LogP contribution in [0.2, 0.25) is 0 Å². The van der Waals surface area contributed by atoms with E-state index in [0.717, 1.165) is 17.8 Å². The molecule has 0 heterocycles. The third-order valence-corrected chi connectivity index (χ3v) is 3.01. The van der Waals surface area contributed by atoms with Crippen LogP contribution in [0.4, 0.5) is 5.69 Å². The number of nitrogens with one attached hydrogen (secondary N) is 1. The molecule has 0 atom stereocenters. The van der Waals surface area contributed by atoms with Crippen molar-refractivity contribution >= 4 is 17.7 Å². The highest BCUT2D eigenvalue weighted by Gasteiger charge is 2.02. The molecular weight excluding hydrogens is 238 g/mol. The SMILES string of the molecule is CC(C)N(C)CCNC(=O)/C=C/c1ccc(N)cc1. The number of hydrogen-bond acceptors (Lipinski definition) is 3. The number of hydrogen-bond donors (Lipinski definition) is 2. The van der Waals surface area contributed by atoms with E-state index in [1.54, 1.807) is 12.2 Å². The van der Waals surface area contributed by atoms with Gasteiger partial charge in [0.1, 0.15) is 0 Å². The summed E-state index contributed by atoms with van der Waals surface area (Å²) in [6, 6.07) is 7.88. The van der Waals surface area contributed by atoms with Crippen LogP contribution in [-0.2, 0) is 4.79 Å². The minimum atomic E-state index is -0.0750. The van der Waals surface area contributed by atoms with E-state index in [-0.39, 0.29) is 5.91 Å². The summed E-state index contributed by atoms with van der Waals surface area (Å²) in [5.41, 5.74) is 7.28. The summed E-state index contributed by atoms with van der Waals surface area (Å²) in [5, 5.41) is 2.86. The molecule has 4 heteroatoms. The average molecular weight is 261 g/mol. The van der Waals surface area contributed by atoms with Gasteiger partial charge in [-0.1, -0.05) is 12.1 Å². The first-order valence-electron chi connectivity index (χ1n) is 6.50. The van der Waals surface area contributed by atoms with Gasteiger partial charge in [0.15, 0.2) is 0 Å². The maximum atomic E-state index is 11.6. The molecule has 1 aromatic rings. The second kappa shape index (κ2) is 7.59. The van der Waals surface area contributed by atoms with Crippen LogP contribution >= 0.6 is 0 Å². The van der Waals surface area contributed by atoms with Crippen molar-refractivity contribution in [2.75, 3.05) is 25.9 Å². The summed E-state index contributed by atoms with van der Waals surface area (Å²) in [7, 11) is 2.04. The van der Waals surface area contributed by atoms with Gasteiger partial charge in [0, 0.05) is 30.9 Å². The predicted molar refractivity (Wildman–Crippen MR) is 80.7 cm³/mol. The smallest absolute Gasteiger partial charge is 0.244 e. The standard InChI is InChI=1S/C15H23N3O/c1-12(2)18(3)11-10-17-15(19)9-6-13-4-7-14(16)8-5-13/h4-9,12H,10-11,16H2,1-3H3,(H,17,19)/b9-6+. The second-order valence-electron chi connectivity index (χ2n) is 4.87. The Bertz CT molecular complexity index is 424. The molecule has 0 aliphatic rings. The fourth-order valence-electron chi connectivity index (χ4n) is 1.45. The molecule has 19 heavy (non-hydrogen) atoms. The lowest BCUT2D eigenvalue weighted by Crippen LogP contribution is -2.35. The quantitative estimate of drug-likeness (QED) is 0.606. The largest absolute Gasteiger partial charge is 0.399 e. The van der Waals surface area contributed by atoms with Gasteiger partial charge in [0.2, 0.25) is 5.91 Å². The van der Waals surface area contributed by atoms with Gasteiger partial charge in [-0.2, -0.15) is 0 Å². The summed E-state index contributed by atoms with van der Waals surface area (Å²) in [6.07, 6.45) is 3.32. The molecule has 0 bridgehead atoms. The summed E-state index contributed by atoms with van der Waals surface area (Å²) in [5.74, 6) is -0.0750. The molecule has 1 aromatic carbocycles. The number of nitrogen functional groups attached to an aromatic ring is 1. The Hall–Kier alpha value is -1.81. The van der Waals surface area contributed by atoms with E-state index < -0.39 is 0 Å². The molecule has 0 unspecified atom stereocenters. The van der Waals surface area contributed by atoms with Crippen LogP contribution in [0.5, 0.6) is 0 Å². The Kier molecular flexibility index (Phi) is 6.09. The van der Waals surface area contributed by atoms with Gasteiger partial charge >= 0.3 is 0 Å². The first kappa shape index (κ1) is 15.2. The molecule has 0 aliphatic carbocycles. The van der Waals surface area contributed by atoms with Gasteiger partial charge in [-0.3, -0.25) is 4.79 Å². The molecule has 104 valence electrons. The van der Waals surface area contributed by atoms with Crippen molar-refractivity contribution in [3.05, 3.63) is 35.9 Å². The fourth-order valence-corrected chi connectivity index (χ4v) is 1.45. The Morgan fingerprint density at radius 1 is 1.37 bits per heavy atom. The summed E-state index contributed by atoms with van der Waals surface area (Å²) < 4.78 is 0. The van der Waals surface area contributed by atoms with Crippen molar-refractivity contribution in [3.63, 3.8) is 0 Å². The topological polar surface area (TPSA) is 58.4 Å². The van der Waals surface area contributed by atoms with E-state index in [1.807, 2.05) is 31.3 Å². The molecule has 1 amide bonds. The minimum Gasteiger partial charge on any atom is -0.399 e. The van der Waals surface area contributed by atoms with Crippen molar-refractivity contribution in [1.82, 2.24) is 10.2 Å². The van der Waals surface area contributed by atoms with Crippen LogP contribution in [0.3, 0.4) is 0 Å². The van der Waals surface area contributed by atoms with Gasteiger partial charge in [-0.15, -0.1) is 0 Å². The van der Waals surface area contributed by atoms with Crippen molar-refractivity contribution in [2.24, 2.45) is 0 Å². The highest BCUT2D eigenvalue weighted by molar-refractivity contribution is 5.91. The molecule has 0 fully saturated rings. The molecule has 4 nitrogen and oxygen atoms in total. The second-order valence-corrected chi connectivity index (χ2v) is 4.87. The molecule has 0 aromatic heterocycles. The number of carbonyl (C=O) groups is 1. The molecule has 3 N–H and O–H groups in total. The predicted octanol–water partition coefficient (Wildman–Crippen LogP) is 1.74. The maximum Gasteiger partial charge on any atom is 0.244 e.